The van der Waals surface area contributed by atoms with Crippen molar-refractivity contribution in [3.05, 3.63) is 60.8 Å². The van der Waals surface area contributed by atoms with Gasteiger partial charge < -0.3 is 9.47 Å². The molecular formula is C22H18N6O7S2. The van der Waals surface area contributed by atoms with E-state index in [-0.39, 0.29) is 33.9 Å². The zero-order valence-electron chi connectivity index (χ0n) is 19.2. The van der Waals surface area contributed by atoms with Gasteiger partial charge in [0.25, 0.3) is 10.0 Å². The molecule has 2 amide bonds. The van der Waals surface area contributed by atoms with E-state index in [0.717, 1.165) is 6.07 Å². The number of ether oxygens (including phenoxy) is 2. The van der Waals surface area contributed by atoms with Crippen molar-refractivity contribution in [1.82, 2.24) is 24.5 Å². The van der Waals surface area contributed by atoms with Crippen molar-refractivity contribution in [2.24, 2.45) is 0 Å². The SMILES string of the molecule is COc1cc(OC)nc(NC(=O)NS(=O)(=O)c2cccc3c2S(=O)(=O)c2cnn(-c4ccccc4)c2-3)n1. The molecule has 5 rings (SSSR count). The van der Waals surface area contributed by atoms with Crippen molar-refractivity contribution in [3.8, 4) is 28.7 Å². The quantitative estimate of drug-likeness (QED) is 0.323. The number of hydrogen-bond donors (Lipinski definition) is 2. The number of amides is 2. The van der Waals surface area contributed by atoms with Crippen LogP contribution in [0.5, 0.6) is 11.8 Å². The first-order valence-electron chi connectivity index (χ1n) is 10.5. The molecule has 0 radical (unpaired) electrons. The normalized spacial score (nSPS) is 13.4. The fourth-order valence-electron chi connectivity index (χ4n) is 3.82. The molecule has 2 N–H and O–H groups in total. The summed E-state index contributed by atoms with van der Waals surface area (Å²) in [6, 6.07) is 12.9. The van der Waals surface area contributed by atoms with Crippen molar-refractivity contribution >= 4 is 31.8 Å². The van der Waals surface area contributed by atoms with Gasteiger partial charge in [0.15, 0.2) is 0 Å². The molecule has 3 heterocycles. The maximum atomic E-state index is 13.4. The molecule has 15 heteroatoms. The van der Waals surface area contributed by atoms with E-state index in [9.17, 15) is 21.6 Å². The Morgan fingerprint density at radius 2 is 1.65 bits per heavy atom. The highest BCUT2D eigenvalue weighted by atomic mass is 32.2. The predicted octanol–water partition coefficient (Wildman–Crippen LogP) is 2.00. The number of nitrogens with one attached hydrogen (secondary N) is 2. The zero-order valence-corrected chi connectivity index (χ0v) is 20.9. The summed E-state index contributed by atoms with van der Waals surface area (Å²) in [6.07, 6.45) is 1.17. The second-order valence-corrected chi connectivity index (χ2v) is 11.1. The van der Waals surface area contributed by atoms with Gasteiger partial charge in [0, 0.05) is 5.56 Å². The summed E-state index contributed by atoms with van der Waals surface area (Å²) in [5.41, 5.74) is 0.950. The minimum absolute atomic E-state index is 0.0576. The number of anilines is 1. The van der Waals surface area contributed by atoms with Gasteiger partial charge in [0.05, 0.1) is 37.9 Å². The number of methoxy groups -OCH3 is 2. The fraction of sp³-hybridized carbons (Fsp3) is 0.0909. The molecule has 0 spiro atoms. The molecule has 2 aromatic heterocycles. The van der Waals surface area contributed by atoms with Crippen molar-refractivity contribution in [3.63, 3.8) is 0 Å². The van der Waals surface area contributed by atoms with Crippen molar-refractivity contribution < 1.29 is 31.1 Å². The fourth-order valence-corrected chi connectivity index (χ4v) is 7.13. The number of carbonyl (C=O) groups excluding carboxylic acids is 1. The van der Waals surface area contributed by atoms with Gasteiger partial charge in [-0.3, -0.25) is 5.32 Å². The van der Waals surface area contributed by atoms with Crippen LogP contribution < -0.4 is 19.5 Å². The third-order valence-electron chi connectivity index (χ3n) is 5.37. The largest absolute Gasteiger partial charge is 0.481 e. The molecule has 0 bridgehead atoms. The third kappa shape index (κ3) is 4.13. The Morgan fingerprint density at radius 1 is 0.973 bits per heavy atom. The molecule has 37 heavy (non-hydrogen) atoms. The summed E-state index contributed by atoms with van der Waals surface area (Å²) in [5.74, 6) is -0.186. The second kappa shape index (κ2) is 8.86. The molecule has 4 aromatic rings. The molecule has 0 fully saturated rings. The minimum Gasteiger partial charge on any atom is -0.481 e. The van der Waals surface area contributed by atoms with Gasteiger partial charge in [-0.1, -0.05) is 30.3 Å². The lowest BCUT2D eigenvalue weighted by Crippen LogP contribution is -2.35. The smallest absolute Gasteiger partial charge is 0.335 e. The summed E-state index contributed by atoms with van der Waals surface area (Å²) in [4.78, 5) is 19.1. The van der Waals surface area contributed by atoms with Crippen LogP contribution in [-0.2, 0) is 19.9 Å². The molecule has 0 saturated heterocycles. The van der Waals surface area contributed by atoms with Gasteiger partial charge in [-0.15, -0.1) is 0 Å². The molecule has 0 atom stereocenters. The Balaban J connectivity index is 1.52. The topological polar surface area (TPSA) is 171 Å². The molecule has 2 aromatic carbocycles. The number of para-hydroxylation sites is 1. The van der Waals surface area contributed by atoms with Gasteiger partial charge in [-0.25, -0.2) is 31.0 Å². The van der Waals surface area contributed by atoms with Crippen molar-refractivity contribution in [2.45, 2.75) is 14.7 Å². The number of benzene rings is 2. The Morgan fingerprint density at radius 3 is 2.30 bits per heavy atom. The van der Waals surface area contributed by atoms with Gasteiger partial charge in [-0.05, 0) is 18.2 Å². The average molecular weight is 543 g/mol. The first-order valence-corrected chi connectivity index (χ1v) is 13.4. The molecule has 0 saturated carbocycles. The van der Waals surface area contributed by atoms with E-state index in [1.165, 1.54) is 43.3 Å². The number of urea groups is 1. The van der Waals surface area contributed by atoms with Crippen LogP contribution in [0.25, 0.3) is 16.9 Å². The number of fused-ring (bicyclic) bond motifs is 3. The van der Waals surface area contributed by atoms with Gasteiger partial charge in [-0.2, -0.15) is 15.1 Å². The first-order chi connectivity index (χ1) is 17.7. The molecule has 1 aliphatic heterocycles. The Labute approximate surface area is 211 Å². The lowest BCUT2D eigenvalue weighted by Gasteiger charge is -2.12. The standard InChI is InChI=1S/C22H18N6O7S2/c1-34-17-11-18(35-2)25-21(24-17)26-22(29)27-37(32,33)15-10-6-9-14-19-16(36(30,31)20(14)15)12-23-28(19)13-7-4-3-5-8-13/h3-12H,1-2H3,(H2,24,25,26,27,29). The Hall–Kier alpha value is -4.50. The summed E-state index contributed by atoms with van der Waals surface area (Å²) in [6.45, 7) is 0. The lowest BCUT2D eigenvalue weighted by molar-refractivity contribution is 0.256. The number of aromatic nitrogens is 4. The summed E-state index contributed by atoms with van der Waals surface area (Å²) in [5, 5.41) is 6.37. The molecular weight excluding hydrogens is 524 g/mol. The third-order valence-corrected chi connectivity index (χ3v) is 8.73. The second-order valence-electron chi connectivity index (χ2n) is 7.58. The van der Waals surface area contributed by atoms with E-state index in [2.05, 4.69) is 20.4 Å². The number of sulfone groups is 1. The number of sulfonamides is 1. The monoisotopic (exact) mass is 542 g/mol. The van der Waals surface area contributed by atoms with Crippen LogP contribution in [0.3, 0.4) is 0 Å². The average Bonchev–Trinajstić information content (AvgIpc) is 3.42. The Bertz CT molecular complexity index is 1730. The predicted molar refractivity (Wildman–Crippen MR) is 129 cm³/mol. The van der Waals surface area contributed by atoms with Crippen LogP contribution in [0.4, 0.5) is 10.7 Å². The highest BCUT2D eigenvalue weighted by molar-refractivity contribution is 7.94. The molecule has 0 aliphatic carbocycles. The van der Waals surface area contributed by atoms with E-state index in [4.69, 9.17) is 9.47 Å². The lowest BCUT2D eigenvalue weighted by atomic mass is 10.1. The van der Waals surface area contributed by atoms with Crippen LogP contribution in [0, 0.1) is 0 Å². The molecule has 0 unspecified atom stereocenters. The van der Waals surface area contributed by atoms with E-state index in [1.807, 2.05) is 0 Å². The van der Waals surface area contributed by atoms with E-state index < -0.39 is 35.7 Å². The highest BCUT2D eigenvalue weighted by Crippen LogP contribution is 2.46. The number of hydrogen-bond acceptors (Lipinski definition) is 10. The van der Waals surface area contributed by atoms with Crippen LogP contribution in [0.1, 0.15) is 0 Å². The molecule has 13 nitrogen and oxygen atoms in total. The maximum absolute atomic E-state index is 13.4. The van der Waals surface area contributed by atoms with Crippen LogP contribution in [0.15, 0.2) is 75.5 Å². The van der Waals surface area contributed by atoms with Crippen LogP contribution in [-0.4, -0.2) is 56.8 Å². The van der Waals surface area contributed by atoms with E-state index in [0.29, 0.717) is 5.69 Å². The summed E-state index contributed by atoms with van der Waals surface area (Å²) < 4.78 is 66.4. The number of carbonyl (C=O) groups is 1. The maximum Gasteiger partial charge on any atom is 0.335 e. The Kier molecular flexibility index (Phi) is 5.80. The van der Waals surface area contributed by atoms with Crippen molar-refractivity contribution in [1.29, 1.82) is 0 Å². The van der Waals surface area contributed by atoms with E-state index >= 15 is 0 Å². The molecule has 190 valence electrons. The van der Waals surface area contributed by atoms with Gasteiger partial charge in [0.2, 0.25) is 27.5 Å². The van der Waals surface area contributed by atoms with Crippen LogP contribution >= 0.6 is 0 Å². The van der Waals surface area contributed by atoms with Gasteiger partial charge >= 0.3 is 6.03 Å². The number of nitrogens with zero attached hydrogens (tertiary/aromatic N) is 4. The highest BCUT2D eigenvalue weighted by Gasteiger charge is 2.42. The minimum atomic E-state index is -4.67. The van der Waals surface area contributed by atoms with Gasteiger partial charge in [0.1, 0.15) is 14.7 Å². The molecule has 1 aliphatic rings. The van der Waals surface area contributed by atoms with Crippen molar-refractivity contribution in [2.75, 3.05) is 19.5 Å². The summed E-state index contributed by atoms with van der Waals surface area (Å²) in [7, 11) is -6.27. The van der Waals surface area contributed by atoms with E-state index in [1.54, 1.807) is 35.1 Å². The summed E-state index contributed by atoms with van der Waals surface area (Å²) >= 11 is 0. The first kappa shape index (κ1) is 24.2. The van der Waals surface area contributed by atoms with Crippen LogP contribution in [0.2, 0.25) is 0 Å². The zero-order chi connectivity index (χ0) is 26.4. The number of rotatable bonds is 6.